The Morgan fingerprint density at radius 2 is 2.21 bits per heavy atom. The first kappa shape index (κ1) is 13.2. The number of nitrogens with two attached hydrogens (primary N) is 1. The summed E-state index contributed by atoms with van der Waals surface area (Å²) in [5.41, 5.74) is 5.58. The van der Waals surface area contributed by atoms with Crippen molar-refractivity contribution in [1.82, 2.24) is 5.32 Å². The molecule has 14 heavy (non-hydrogen) atoms. The van der Waals surface area contributed by atoms with Gasteiger partial charge in [-0.1, -0.05) is 6.08 Å². The van der Waals surface area contributed by atoms with E-state index in [1.807, 2.05) is 19.9 Å². The third-order valence-corrected chi connectivity index (χ3v) is 1.99. The highest BCUT2D eigenvalue weighted by molar-refractivity contribution is 5.76. The van der Waals surface area contributed by atoms with E-state index in [0.717, 1.165) is 19.3 Å². The van der Waals surface area contributed by atoms with Gasteiger partial charge in [-0.25, -0.2) is 0 Å². The number of amides is 1. The van der Waals surface area contributed by atoms with Crippen LogP contribution in [0.2, 0.25) is 0 Å². The number of carbonyl (C=O) groups is 1. The fourth-order valence-electron chi connectivity index (χ4n) is 1.24. The lowest BCUT2D eigenvalue weighted by Crippen LogP contribution is -2.32. The van der Waals surface area contributed by atoms with Crippen LogP contribution < -0.4 is 11.1 Å². The number of nitrogens with one attached hydrogen (secondary N) is 1. The zero-order chi connectivity index (χ0) is 11.0. The lowest BCUT2D eigenvalue weighted by molar-refractivity contribution is -0.121. The van der Waals surface area contributed by atoms with Crippen LogP contribution in [-0.4, -0.2) is 18.0 Å². The van der Waals surface area contributed by atoms with E-state index >= 15 is 0 Å². The number of rotatable bonds is 7. The van der Waals surface area contributed by atoms with Crippen molar-refractivity contribution in [1.29, 1.82) is 0 Å². The van der Waals surface area contributed by atoms with Crippen molar-refractivity contribution in [2.24, 2.45) is 5.73 Å². The zero-order valence-electron chi connectivity index (χ0n) is 9.25. The molecular formula is C11H22N2O. The molecule has 3 nitrogen and oxygen atoms in total. The number of hydrogen-bond acceptors (Lipinski definition) is 2. The maximum Gasteiger partial charge on any atom is 0.220 e. The van der Waals surface area contributed by atoms with Crippen molar-refractivity contribution in [3.63, 3.8) is 0 Å². The minimum atomic E-state index is 0.111. The molecule has 0 saturated carbocycles. The summed E-state index contributed by atoms with van der Waals surface area (Å²) in [6, 6.07) is 0.378. The first-order valence-electron chi connectivity index (χ1n) is 5.22. The monoisotopic (exact) mass is 198 g/mol. The molecule has 0 fully saturated rings. The average Bonchev–Trinajstić information content (AvgIpc) is 2.03. The molecule has 0 aliphatic rings. The molecule has 2 unspecified atom stereocenters. The summed E-state index contributed by atoms with van der Waals surface area (Å²) in [7, 11) is 0. The van der Waals surface area contributed by atoms with Crippen molar-refractivity contribution >= 4 is 5.91 Å². The molecule has 0 aliphatic heterocycles. The van der Waals surface area contributed by atoms with E-state index < -0.39 is 0 Å². The fourth-order valence-corrected chi connectivity index (χ4v) is 1.24. The predicted octanol–water partition coefficient (Wildman–Crippen LogP) is 1.58. The quantitative estimate of drug-likeness (QED) is 0.610. The molecule has 0 aromatic rings. The van der Waals surface area contributed by atoms with Gasteiger partial charge in [0.2, 0.25) is 5.91 Å². The topological polar surface area (TPSA) is 55.1 Å². The van der Waals surface area contributed by atoms with Gasteiger partial charge in [0, 0.05) is 18.5 Å². The van der Waals surface area contributed by atoms with Crippen LogP contribution >= 0.6 is 0 Å². The molecule has 0 radical (unpaired) electrons. The van der Waals surface area contributed by atoms with Gasteiger partial charge in [-0.15, -0.1) is 6.58 Å². The molecule has 0 saturated heterocycles. The molecule has 0 rings (SSSR count). The van der Waals surface area contributed by atoms with Crippen LogP contribution in [0.4, 0.5) is 0 Å². The van der Waals surface area contributed by atoms with Crippen LogP contribution in [-0.2, 0) is 4.79 Å². The van der Waals surface area contributed by atoms with Crippen LogP contribution in [0.25, 0.3) is 0 Å². The molecule has 0 aromatic heterocycles. The zero-order valence-corrected chi connectivity index (χ0v) is 9.25. The molecular weight excluding hydrogens is 176 g/mol. The Bertz CT molecular complexity index is 178. The Balaban J connectivity index is 3.49. The lowest BCUT2D eigenvalue weighted by atomic mass is 10.1. The lowest BCUT2D eigenvalue weighted by Gasteiger charge is -2.11. The van der Waals surface area contributed by atoms with Crippen molar-refractivity contribution in [3.05, 3.63) is 12.7 Å². The van der Waals surface area contributed by atoms with E-state index in [2.05, 4.69) is 11.9 Å². The van der Waals surface area contributed by atoms with E-state index in [4.69, 9.17) is 5.73 Å². The molecule has 0 spiro atoms. The average molecular weight is 198 g/mol. The highest BCUT2D eigenvalue weighted by Crippen LogP contribution is 1.99. The number of carbonyl (C=O) groups excluding carboxylic acids is 1. The van der Waals surface area contributed by atoms with Gasteiger partial charge in [0.25, 0.3) is 0 Å². The third-order valence-electron chi connectivity index (χ3n) is 1.99. The largest absolute Gasteiger partial charge is 0.353 e. The van der Waals surface area contributed by atoms with Crippen molar-refractivity contribution in [3.8, 4) is 0 Å². The van der Waals surface area contributed by atoms with E-state index in [-0.39, 0.29) is 18.0 Å². The molecule has 2 atom stereocenters. The van der Waals surface area contributed by atoms with Crippen molar-refractivity contribution in [2.45, 2.75) is 51.6 Å². The smallest absolute Gasteiger partial charge is 0.220 e. The maximum atomic E-state index is 11.3. The summed E-state index contributed by atoms with van der Waals surface area (Å²) in [5.74, 6) is 0.111. The van der Waals surface area contributed by atoms with E-state index in [1.54, 1.807) is 0 Å². The molecule has 0 aromatic carbocycles. The summed E-state index contributed by atoms with van der Waals surface area (Å²) in [5, 5.41) is 2.90. The van der Waals surface area contributed by atoms with Crippen LogP contribution in [0.5, 0.6) is 0 Å². The Morgan fingerprint density at radius 1 is 1.57 bits per heavy atom. The number of hydrogen-bond donors (Lipinski definition) is 2. The normalized spacial score (nSPS) is 14.5. The Labute approximate surface area is 86.8 Å². The third kappa shape index (κ3) is 7.80. The first-order valence-corrected chi connectivity index (χ1v) is 5.22. The fraction of sp³-hybridized carbons (Fsp3) is 0.727. The summed E-state index contributed by atoms with van der Waals surface area (Å²) < 4.78 is 0. The summed E-state index contributed by atoms with van der Waals surface area (Å²) in [6.07, 6.45) is 4.97. The maximum absolute atomic E-state index is 11.3. The second kappa shape index (κ2) is 7.56. The van der Waals surface area contributed by atoms with Crippen LogP contribution in [0.1, 0.15) is 39.5 Å². The Kier molecular flexibility index (Phi) is 7.11. The van der Waals surface area contributed by atoms with Crippen LogP contribution in [0.3, 0.4) is 0 Å². The first-order chi connectivity index (χ1) is 6.56. The van der Waals surface area contributed by atoms with Gasteiger partial charge in [0.05, 0.1) is 0 Å². The summed E-state index contributed by atoms with van der Waals surface area (Å²) in [4.78, 5) is 11.3. The molecule has 82 valence electrons. The Morgan fingerprint density at radius 3 is 2.71 bits per heavy atom. The van der Waals surface area contributed by atoms with Crippen LogP contribution in [0.15, 0.2) is 12.7 Å². The highest BCUT2D eigenvalue weighted by atomic mass is 16.1. The van der Waals surface area contributed by atoms with Crippen LogP contribution in [0, 0.1) is 0 Å². The van der Waals surface area contributed by atoms with Crippen molar-refractivity contribution < 1.29 is 4.79 Å². The summed E-state index contributed by atoms with van der Waals surface area (Å²) >= 11 is 0. The van der Waals surface area contributed by atoms with Gasteiger partial charge in [-0.3, -0.25) is 4.79 Å². The molecule has 0 heterocycles. The van der Waals surface area contributed by atoms with E-state index in [0.29, 0.717) is 6.42 Å². The SMILES string of the molecule is C=CCC(C)NC(=O)CCCC(C)N. The summed E-state index contributed by atoms with van der Waals surface area (Å²) in [6.45, 7) is 7.56. The van der Waals surface area contributed by atoms with Gasteiger partial charge in [0.1, 0.15) is 0 Å². The van der Waals surface area contributed by atoms with Gasteiger partial charge in [-0.2, -0.15) is 0 Å². The predicted molar refractivity (Wildman–Crippen MR) is 59.9 cm³/mol. The minimum absolute atomic E-state index is 0.111. The van der Waals surface area contributed by atoms with E-state index in [1.165, 1.54) is 0 Å². The van der Waals surface area contributed by atoms with Gasteiger partial charge >= 0.3 is 0 Å². The van der Waals surface area contributed by atoms with E-state index in [9.17, 15) is 4.79 Å². The molecule has 3 N–H and O–H groups in total. The Hall–Kier alpha value is -0.830. The molecule has 0 aliphatic carbocycles. The molecule has 0 bridgehead atoms. The van der Waals surface area contributed by atoms with Gasteiger partial charge in [-0.05, 0) is 33.1 Å². The highest BCUT2D eigenvalue weighted by Gasteiger charge is 2.05. The minimum Gasteiger partial charge on any atom is -0.353 e. The second-order valence-corrected chi connectivity index (χ2v) is 3.86. The molecule has 3 heteroatoms. The standard InChI is InChI=1S/C11H22N2O/c1-4-6-10(3)13-11(14)8-5-7-9(2)12/h4,9-10H,1,5-8,12H2,2-3H3,(H,13,14). The molecule has 1 amide bonds. The van der Waals surface area contributed by atoms with Crippen molar-refractivity contribution in [2.75, 3.05) is 0 Å². The van der Waals surface area contributed by atoms with Gasteiger partial charge < -0.3 is 11.1 Å². The second-order valence-electron chi connectivity index (χ2n) is 3.86. The van der Waals surface area contributed by atoms with Gasteiger partial charge in [0.15, 0.2) is 0 Å².